The van der Waals surface area contributed by atoms with Gasteiger partial charge in [0.25, 0.3) is 5.69 Å². The quantitative estimate of drug-likeness (QED) is 0.332. The number of rotatable bonds is 8. The van der Waals surface area contributed by atoms with Gasteiger partial charge in [0, 0.05) is 12.6 Å². The smallest absolute Gasteiger partial charge is 0.293 e. The van der Waals surface area contributed by atoms with Crippen molar-refractivity contribution < 1.29 is 14.1 Å². The van der Waals surface area contributed by atoms with Gasteiger partial charge < -0.3 is 9.16 Å². The first-order valence-corrected chi connectivity index (χ1v) is 12.6. The van der Waals surface area contributed by atoms with E-state index in [1.807, 2.05) is 0 Å². The normalized spacial score (nSPS) is 23.4. The topological polar surface area (TPSA) is 74.5 Å². The molecular weight excluding hydrogens is 360 g/mol. The lowest BCUT2D eigenvalue weighted by Gasteiger charge is -2.38. The van der Waals surface area contributed by atoms with Crippen LogP contribution in [0, 0.1) is 16.0 Å². The lowest BCUT2D eigenvalue weighted by Crippen LogP contribution is -2.38. The molecule has 0 radical (unpaired) electrons. The van der Waals surface area contributed by atoms with Crippen LogP contribution in [-0.2, 0) is 9.16 Å². The summed E-state index contributed by atoms with van der Waals surface area (Å²) in [6.07, 6.45) is 5.44. The Morgan fingerprint density at radius 3 is 2.52 bits per heavy atom. The maximum absolute atomic E-state index is 11.5. The fourth-order valence-corrected chi connectivity index (χ4v) is 6.73. The molecule has 1 aromatic rings. The van der Waals surface area contributed by atoms with Crippen LogP contribution >= 0.6 is 0 Å². The number of ether oxygens (including phenoxy) is 1. The minimum atomic E-state index is -1.82. The summed E-state index contributed by atoms with van der Waals surface area (Å²) in [7, 11) is -1.82. The molecule has 0 bridgehead atoms. The lowest BCUT2D eigenvalue weighted by atomic mass is 9.95. The maximum Gasteiger partial charge on any atom is 0.293 e. The van der Waals surface area contributed by atoms with Crippen molar-refractivity contribution in [3.05, 3.63) is 45.5 Å². The summed E-state index contributed by atoms with van der Waals surface area (Å²) < 4.78 is 13.1. The molecule has 0 spiro atoms. The Kier molecular flexibility index (Phi) is 6.01. The highest BCUT2D eigenvalue weighted by Crippen LogP contribution is 2.47. The molecule has 1 fully saturated rings. The van der Waals surface area contributed by atoms with E-state index < -0.39 is 8.32 Å². The predicted molar refractivity (Wildman–Crippen MR) is 107 cm³/mol. The number of aromatic nitrogens is 1. The molecule has 7 heteroatoms. The van der Waals surface area contributed by atoms with Crippen LogP contribution in [0.1, 0.15) is 58.6 Å². The molecule has 1 aliphatic heterocycles. The molecule has 2 aliphatic rings. The van der Waals surface area contributed by atoms with Gasteiger partial charge in [0.15, 0.2) is 0 Å². The van der Waals surface area contributed by atoms with Crippen LogP contribution in [0.2, 0.25) is 18.1 Å². The van der Waals surface area contributed by atoms with E-state index in [0.717, 1.165) is 36.7 Å². The van der Waals surface area contributed by atoms with Gasteiger partial charge in [-0.25, -0.2) is 0 Å². The summed E-state index contributed by atoms with van der Waals surface area (Å²) in [6, 6.07) is 4.94. The van der Waals surface area contributed by atoms with Crippen LogP contribution < -0.4 is 0 Å². The zero-order valence-corrected chi connectivity index (χ0v) is 17.7. The number of nitro groups is 1. The molecule has 0 aromatic carbocycles. The summed E-state index contributed by atoms with van der Waals surface area (Å²) in [5.74, 6) is 1.53. The second kappa shape index (κ2) is 8.10. The van der Waals surface area contributed by atoms with Gasteiger partial charge in [0.2, 0.25) is 8.32 Å². The monoisotopic (exact) mass is 390 g/mol. The van der Waals surface area contributed by atoms with E-state index >= 15 is 0 Å². The molecule has 3 rings (SSSR count). The van der Waals surface area contributed by atoms with Crippen molar-refractivity contribution in [1.82, 2.24) is 4.98 Å². The Labute approximate surface area is 162 Å². The Morgan fingerprint density at radius 1 is 1.30 bits per heavy atom. The number of pyridine rings is 1. The van der Waals surface area contributed by atoms with Gasteiger partial charge in [-0.2, -0.15) is 0 Å². The first kappa shape index (κ1) is 20.0. The molecule has 6 nitrogen and oxygen atoms in total. The van der Waals surface area contributed by atoms with Crippen molar-refractivity contribution in [3.63, 3.8) is 0 Å². The standard InChI is InChI=1S/C20H30N2O4Si/c1-5-27(6-2,7-3)26-18-12-19(25-20(14(18)4)15-8-9-15)16-10-11-21-13-17(16)22(23)24/h10-11,13,15,19-20H,5-9,12H2,1-4H3. The summed E-state index contributed by atoms with van der Waals surface area (Å²) in [5, 5.41) is 11.5. The average Bonchev–Trinajstić information content (AvgIpc) is 3.52. The third-order valence-electron chi connectivity index (χ3n) is 6.25. The minimum absolute atomic E-state index is 0.00351. The molecular formula is C20H30N2O4Si. The Balaban J connectivity index is 1.96. The Morgan fingerprint density at radius 2 is 1.96 bits per heavy atom. The second-order valence-electron chi connectivity index (χ2n) is 7.73. The molecule has 2 unspecified atom stereocenters. The molecule has 0 saturated heterocycles. The summed E-state index contributed by atoms with van der Waals surface area (Å²) in [4.78, 5) is 15.0. The lowest BCUT2D eigenvalue weighted by molar-refractivity contribution is -0.386. The minimum Gasteiger partial charge on any atom is -0.546 e. The molecule has 148 valence electrons. The van der Waals surface area contributed by atoms with Crippen LogP contribution in [0.25, 0.3) is 0 Å². The maximum atomic E-state index is 11.5. The van der Waals surface area contributed by atoms with Gasteiger partial charge in [0.1, 0.15) is 6.20 Å². The van der Waals surface area contributed by atoms with E-state index in [1.165, 1.54) is 11.8 Å². The van der Waals surface area contributed by atoms with Gasteiger partial charge in [-0.3, -0.25) is 15.1 Å². The van der Waals surface area contributed by atoms with Crippen molar-refractivity contribution in [2.45, 2.75) is 77.3 Å². The second-order valence-corrected chi connectivity index (χ2v) is 12.4. The first-order valence-electron chi connectivity index (χ1n) is 10.1. The average molecular weight is 391 g/mol. The SMILES string of the molecule is CC[Si](CC)(CC)OC1=C(C)C(C2CC2)OC(c2ccncc2[N+](=O)[O-])C1. The highest BCUT2D eigenvalue weighted by Gasteiger charge is 2.43. The van der Waals surface area contributed by atoms with Gasteiger partial charge in [0.05, 0.1) is 28.5 Å². The molecule has 2 atom stereocenters. The van der Waals surface area contributed by atoms with E-state index in [9.17, 15) is 10.1 Å². The van der Waals surface area contributed by atoms with E-state index in [-0.39, 0.29) is 22.8 Å². The van der Waals surface area contributed by atoms with Gasteiger partial charge in [-0.1, -0.05) is 20.8 Å². The zero-order valence-electron chi connectivity index (χ0n) is 16.7. The third-order valence-corrected chi connectivity index (χ3v) is 10.8. The van der Waals surface area contributed by atoms with Crippen LogP contribution in [0.15, 0.2) is 29.8 Å². The van der Waals surface area contributed by atoms with Crippen LogP contribution in [0.4, 0.5) is 5.69 Å². The molecule has 0 amide bonds. The van der Waals surface area contributed by atoms with Crippen molar-refractivity contribution in [3.8, 4) is 0 Å². The first-order chi connectivity index (χ1) is 12.9. The zero-order chi connectivity index (χ0) is 19.6. The number of hydrogen-bond donors (Lipinski definition) is 0. The Bertz CT molecular complexity index is 720. The Hall–Kier alpha value is -1.73. The molecule has 1 saturated carbocycles. The van der Waals surface area contributed by atoms with E-state index in [1.54, 1.807) is 12.3 Å². The highest BCUT2D eigenvalue weighted by atomic mass is 28.4. The summed E-state index contributed by atoms with van der Waals surface area (Å²) in [6.45, 7) is 8.78. The van der Waals surface area contributed by atoms with Gasteiger partial charge in [-0.05, 0) is 55.5 Å². The molecule has 2 heterocycles. The van der Waals surface area contributed by atoms with E-state index in [4.69, 9.17) is 9.16 Å². The van der Waals surface area contributed by atoms with Crippen molar-refractivity contribution in [2.75, 3.05) is 0 Å². The predicted octanol–water partition coefficient (Wildman–Crippen LogP) is 5.53. The van der Waals surface area contributed by atoms with Crippen LogP contribution in [0.5, 0.6) is 0 Å². The van der Waals surface area contributed by atoms with E-state index in [2.05, 4.69) is 32.7 Å². The molecule has 27 heavy (non-hydrogen) atoms. The van der Waals surface area contributed by atoms with Gasteiger partial charge >= 0.3 is 0 Å². The fraction of sp³-hybridized carbons (Fsp3) is 0.650. The van der Waals surface area contributed by atoms with Crippen LogP contribution in [-0.4, -0.2) is 24.3 Å². The summed E-state index contributed by atoms with van der Waals surface area (Å²) in [5.41, 5.74) is 1.82. The number of nitrogens with zero attached hydrogens (tertiary/aromatic N) is 2. The van der Waals surface area contributed by atoms with Crippen molar-refractivity contribution in [1.29, 1.82) is 0 Å². The van der Waals surface area contributed by atoms with Crippen LogP contribution in [0.3, 0.4) is 0 Å². The van der Waals surface area contributed by atoms with E-state index in [0.29, 0.717) is 17.9 Å². The van der Waals surface area contributed by atoms with Gasteiger partial charge in [-0.15, -0.1) is 0 Å². The molecule has 1 aliphatic carbocycles. The number of hydrogen-bond acceptors (Lipinski definition) is 5. The van der Waals surface area contributed by atoms with Crippen molar-refractivity contribution >= 4 is 14.0 Å². The fourth-order valence-electron chi connectivity index (χ4n) is 4.03. The highest BCUT2D eigenvalue weighted by molar-refractivity contribution is 6.73. The largest absolute Gasteiger partial charge is 0.546 e. The molecule has 1 aromatic heterocycles. The summed E-state index contributed by atoms with van der Waals surface area (Å²) >= 11 is 0. The molecule has 0 N–H and O–H groups in total. The third kappa shape index (κ3) is 4.09. The van der Waals surface area contributed by atoms with Crippen molar-refractivity contribution in [2.24, 2.45) is 5.92 Å².